The predicted octanol–water partition coefficient (Wildman–Crippen LogP) is 4.05. The van der Waals surface area contributed by atoms with Crippen LogP contribution in [0.1, 0.15) is 21.5 Å². The molecule has 1 aliphatic heterocycles. The zero-order chi connectivity index (χ0) is 21.0. The van der Waals surface area contributed by atoms with E-state index < -0.39 is 10.9 Å². The molecule has 0 bridgehead atoms. The third kappa shape index (κ3) is 4.77. The Morgan fingerprint density at radius 1 is 1.28 bits per heavy atom. The lowest BCUT2D eigenvalue weighted by Crippen LogP contribution is -2.19. The number of aliphatic imine (C=N–C) groups is 1. The molecule has 0 radical (unpaired) electrons. The van der Waals surface area contributed by atoms with Gasteiger partial charge < -0.3 is 10.4 Å². The fourth-order valence-electron chi connectivity index (χ4n) is 2.50. The molecule has 2 N–H and O–H groups in total. The van der Waals surface area contributed by atoms with Crippen LogP contribution in [-0.4, -0.2) is 27.1 Å². The number of allylic oxidation sites excluding steroid dienone is 2. The maximum Gasteiger partial charge on any atom is 0.335 e. The normalized spacial score (nSPS) is 16.5. The monoisotopic (exact) mass is 409 g/mol. The third-order valence-electron chi connectivity index (χ3n) is 3.99. The Hall–Kier alpha value is -3.72. The molecular weight excluding hydrogens is 394 g/mol. The van der Waals surface area contributed by atoms with E-state index in [0.29, 0.717) is 21.3 Å². The van der Waals surface area contributed by atoms with Crippen molar-refractivity contribution < 1.29 is 19.6 Å². The van der Waals surface area contributed by atoms with Gasteiger partial charge in [-0.2, -0.15) is 0 Å². The molecule has 1 fully saturated rings. The van der Waals surface area contributed by atoms with Gasteiger partial charge >= 0.3 is 5.97 Å². The number of hydrogen-bond donors (Lipinski definition) is 2. The fraction of sp³-hybridized carbons (Fsp3) is 0.0500. The molecular formula is C20H15N3O5S. The molecule has 0 aliphatic carbocycles. The zero-order valence-corrected chi connectivity index (χ0v) is 16.0. The van der Waals surface area contributed by atoms with E-state index in [1.54, 1.807) is 49.4 Å². The average molecular weight is 409 g/mol. The van der Waals surface area contributed by atoms with Crippen molar-refractivity contribution >= 4 is 46.3 Å². The summed E-state index contributed by atoms with van der Waals surface area (Å²) in [6.07, 6.45) is 4.65. The van der Waals surface area contributed by atoms with Crippen molar-refractivity contribution in [3.05, 3.63) is 86.3 Å². The number of benzene rings is 2. The number of aryl methyl sites for hydroxylation is 1. The first kappa shape index (κ1) is 20.0. The molecule has 0 spiro atoms. The van der Waals surface area contributed by atoms with E-state index >= 15 is 0 Å². The van der Waals surface area contributed by atoms with Crippen molar-refractivity contribution in [3.63, 3.8) is 0 Å². The highest BCUT2D eigenvalue weighted by Crippen LogP contribution is 2.28. The largest absolute Gasteiger partial charge is 0.478 e. The van der Waals surface area contributed by atoms with Crippen LogP contribution in [0.2, 0.25) is 0 Å². The van der Waals surface area contributed by atoms with Crippen LogP contribution >= 0.6 is 11.8 Å². The van der Waals surface area contributed by atoms with Gasteiger partial charge in [0.2, 0.25) is 0 Å². The van der Waals surface area contributed by atoms with Crippen LogP contribution in [-0.2, 0) is 4.79 Å². The van der Waals surface area contributed by atoms with E-state index in [-0.39, 0.29) is 17.2 Å². The number of carboxylic acid groups (broad SMARTS) is 1. The highest BCUT2D eigenvalue weighted by Gasteiger charge is 2.23. The lowest BCUT2D eigenvalue weighted by Gasteiger charge is -2.03. The number of rotatable bonds is 5. The van der Waals surface area contributed by atoms with Crippen LogP contribution in [0.4, 0.5) is 11.4 Å². The first-order chi connectivity index (χ1) is 13.8. The van der Waals surface area contributed by atoms with E-state index in [4.69, 9.17) is 5.11 Å². The van der Waals surface area contributed by atoms with Crippen molar-refractivity contribution in [2.45, 2.75) is 6.92 Å². The first-order valence-corrected chi connectivity index (χ1v) is 9.20. The molecule has 2 aromatic rings. The Balaban J connectivity index is 1.81. The minimum atomic E-state index is -1.06. The summed E-state index contributed by atoms with van der Waals surface area (Å²) in [6, 6.07) is 10.9. The van der Waals surface area contributed by atoms with Crippen molar-refractivity contribution in [1.29, 1.82) is 0 Å². The number of nitro groups is 1. The highest BCUT2D eigenvalue weighted by molar-refractivity contribution is 8.18. The van der Waals surface area contributed by atoms with Crippen LogP contribution < -0.4 is 5.32 Å². The van der Waals surface area contributed by atoms with E-state index in [1.165, 1.54) is 18.2 Å². The minimum Gasteiger partial charge on any atom is -0.478 e. The molecule has 146 valence electrons. The lowest BCUT2D eigenvalue weighted by atomic mass is 10.1. The molecule has 0 unspecified atom stereocenters. The maximum atomic E-state index is 12.1. The molecule has 0 aromatic heterocycles. The van der Waals surface area contributed by atoms with Crippen molar-refractivity contribution in [2.24, 2.45) is 4.99 Å². The highest BCUT2D eigenvalue weighted by atomic mass is 32.2. The molecule has 1 saturated heterocycles. The second-order valence-corrected chi connectivity index (χ2v) is 7.02. The smallest absolute Gasteiger partial charge is 0.335 e. The molecule has 1 amide bonds. The van der Waals surface area contributed by atoms with Gasteiger partial charge in [0.15, 0.2) is 5.17 Å². The second kappa shape index (κ2) is 8.53. The summed E-state index contributed by atoms with van der Waals surface area (Å²) in [5.74, 6) is -1.41. The van der Waals surface area contributed by atoms with Crippen LogP contribution in [0.5, 0.6) is 0 Å². The van der Waals surface area contributed by atoms with E-state index in [1.807, 2.05) is 0 Å². The van der Waals surface area contributed by atoms with Crippen molar-refractivity contribution in [2.75, 3.05) is 0 Å². The molecule has 29 heavy (non-hydrogen) atoms. The maximum absolute atomic E-state index is 12.1. The molecule has 0 atom stereocenters. The molecule has 1 heterocycles. The topological polar surface area (TPSA) is 122 Å². The number of nitro benzene ring substituents is 1. The molecule has 1 aliphatic rings. The number of hydrogen-bond acceptors (Lipinski definition) is 6. The quantitative estimate of drug-likeness (QED) is 0.436. The Labute approximate surface area is 169 Å². The lowest BCUT2D eigenvalue weighted by molar-refractivity contribution is -0.385. The van der Waals surface area contributed by atoms with Gasteiger partial charge in [-0.15, -0.1) is 0 Å². The Bertz CT molecular complexity index is 1110. The van der Waals surface area contributed by atoms with Gasteiger partial charge in [0.05, 0.1) is 26.6 Å². The van der Waals surface area contributed by atoms with Crippen molar-refractivity contribution in [1.82, 2.24) is 5.32 Å². The van der Waals surface area contributed by atoms with Gasteiger partial charge in [0, 0.05) is 6.07 Å². The zero-order valence-electron chi connectivity index (χ0n) is 15.2. The number of carboxylic acids is 1. The standard InChI is InChI=1S/C20H15N3O5S/c1-12-9-10-14(19(25)26)11-15(12)21-20-22-18(24)17(29-20)8-4-6-13-5-2-3-7-16(13)23(27)28/h2-11H,1H3,(H,25,26)(H,21,22,24)/b6-4+,17-8-. The molecule has 2 aromatic carbocycles. The Kier molecular flexibility index (Phi) is 5.89. The summed E-state index contributed by atoms with van der Waals surface area (Å²) in [5, 5.41) is 23.1. The number of carbonyl (C=O) groups is 2. The molecule has 8 nitrogen and oxygen atoms in total. The molecule has 0 saturated carbocycles. The predicted molar refractivity (Wildman–Crippen MR) is 111 cm³/mol. The number of para-hydroxylation sites is 1. The molecule has 9 heteroatoms. The third-order valence-corrected chi connectivity index (χ3v) is 4.91. The van der Waals surface area contributed by atoms with Gasteiger partial charge in [0.25, 0.3) is 11.6 Å². The van der Waals surface area contributed by atoms with E-state index in [0.717, 1.165) is 17.3 Å². The SMILES string of the molecule is Cc1ccc(C(=O)O)cc1N=C1NC(=O)/C(=C/C=C/c2ccccc2[N+](=O)[O-])S1. The van der Waals surface area contributed by atoms with Gasteiger partial charge in [-0.05, 0) is 54.6 Å². The Morgan fingerprint density at radius 2 is 2.03 bits per heavy atom. The average Bonchev–Trinajstić information content (AvgIpc) is 3.03. The summed E-state index contributed by atoms with van der Waals surface area (Å²) >= 11 is 1.10. The minimum absolute atomic E-state index is 0.0262. The van der Waals surface area contributed by atoms with Crippen LogP contribution in [0.25, 0.3) is 6.08 Å². The van der Waals surface area contributed by atoms with Crippen LogP contribution in [0.15, 0.2) is 64.5 Å². The fourth-order valence-corrected chi connectivity index (χ4v) is 3.29. The summed E-state index contributed by atoms with van der Waals surface area (Å²) in [5.41, 5.74) is 1.72. The van der Waals surface area contributed by atoms with Crippen molar-refractivity contribution in [3.8, 4) is 0 Å². The number of nitrogens with one attached hydrogen (secondary N) is 1. The number of aromatic carboxylic acids is 1. The number of amides is 1. The number of thioether (sulfide) groups is 1. The number of carbonyl (C=O) groups excluding carboxylic acids is 1. The summed E-state index contributed by atoms with van der Waals surface area (Å²) in [4.78, 5) is 38.5. The summed E-state index contributed by atoms with van der Waals surface area (Å²) < 4.78 is 0. The summed E-state index contributed by atoms with van der Waals surface area (Å²) in [6.45, 7) is 1.79. The van der Waals surface area contributed by atoms with Gasteiger partial charge in [-0.1, -0.05) is 24.3 Å². The van der Waals surface area contributed by atoms with E-state index in [9.17, 15) is 19.7 Å². The summed E-state index contributed by atoms with van der Waals surface area (Å²) in [7, 11) is 0. The van der Waals surface area contributed by atoms with Gasteiger partial charge in [0.1, 0.15) is 0 Å². The first-order valence-electron chi connectivity index (χ1n) is 8.39. The number of amidine groups is 1. The van der Waals surface area contributed by atoms with Gasteiger partial charge in [-0.25, -0.2) is 9.79 Å². The van der Waals surface area contributed by atoms with Gasteiger partial charge in [-0.3, -0.25) is 14.9 Å². The van der Waals surface area contributed by atoms with Crippen LogP contribution in [0, 0.1) is 17.0 Å². The number of nitrogens with zero attached hydrogens (tertiary/aromatic N) is 2. The Morgan fingerprint density at radius 3 is 2.76 bits per heavy atom. The molecule has 3 rings (SSSR count). The second-order valence-electron chi connectivity index (χ2n) is 5.99. The van der Waals surface area contributed by atoms with Crippen LogP contribution in [0.3, 0.4) is 0 Å². The van der Waals surface area contributed by atoms with E-state index in [2.05, 4.69) is 10.3 Å².